The van der Waals surface area contributed by atoms with Gasteiger partial charge in [-0.3, -0.25) is 0 Å². The number of halogens is 1. The summed E-state index contributed by atoms with van der Waals surface area (Å²) >= 11 is 0. The van der Waals surface area contributed by atoms with Crippen LogP contribution in [0.1, 0.15) is 18.9 Å². The number of nitrogens with zero attached hydrogens (tertiary/aromatic N) is 2. The highest BCUT2D eigenvalue weighted by molar-refractivity contribution is 5.76. The van der Waals surface area contributed by atoms with E-state index < -0.39 is 12.2 Å². The van der Waals surface area contributed by atoms with Gasteiger partial charge in [-0.2, -0.15) is 0 Å². The van der Waals surface area contributed by atoms with Crippen LogP contribution in [0.15, 0.2) is 48.5 Å². The largest absolute Gasteiger partial charge is 0.491 e. The van der Waals surface area contributed by atoms with Gasteiger partial charge >= 0.3 is 0 Å². The summed E-state index contributed by atoms with van der Waals surface area (Å²) in [5.41, 5.74) is 1.61. The fourth-order valence-electron chi connectivity index (χ4n) is 2.59. The summed E-state index contributed by atoms with van der Waals surface area (Å²) in [7, 11) is 0. The summed E-state index contributed by atoms with van der Waals surface area (Å²) in [5.74, 6) is 0.646. The Morgan fingerprint density at radius 2 is 1.83 bits per heavy atom. The number of fused-ring (bicyclic) bond motifs is 1. The maximum absolute atomic E-state index is 12.9. The van der Waals surface area contributed by atoms with Gasteiger partial charge in [0.05, 0.1) is 17.6 Å². The van der Waals surface area contributed by atoms with Crippen molar-refractivity contribution in [3.8, 4) is 5.75 Å². The molecule has 5 nitrogen and oxygen atoms in total. The lowest BCUT2D eigenvalue weighted by Gasteiger charge is -2.16. The molecule has 0 saturated carbocycles. The van der Waals surface area contributed by atoms with Gasteiger partial charge in [0.15, 0.2) is 0 Å². The molecule has 0 aliphatic carbocycles. The number of aliphatic hydroxyl groups is 2. The van der Waals surface area contributed by atoms with Gasteiger partial charge in [0.2, 0.25) is 0 Å². The summed E-state index contributed by atoms with van der Waals surface area (Å²) in [6.07, 6.45) is -1.55. The number of ether oxygens (including phenoxy) is 1. The minimum absolute atomic E-state index is 0.0530. The van der Waals surface area contributed by atoms with Crippen molar-refractivity contribution in [3.05, 3.63) is 60.2 Å². The number of aromatic nitrogens is 2. The maximum atomic E-state index is 12.9. The Hall–Kier alpha value is -2.44. The van der Waals surface area contributed by atoms with Crippen molar-refractivity contribution in [2.75, 3.05) is 6.61 Å². The fourth-order valence-corrected chi connectivity index (χ4v) is 2.59. The molecule has 2 atom stereocenters. The molecule has 2 aromatic carbocycles. The zero-order valence-corrected chi connectivity index (χ0v) is 13.3. The molecule has 0 unspecified atom stereocenters. The Bertz CT molecular complexity index is 815. The van der Waals surface area contributed by atoms with Crippen molar-refractivity contribution >= 4 is 11.0 Å². The Kier molecular flexibility index (Phi) is 4.78. The summed E-state index contributed by atoms with van der Waals surface area (Å²) in [4.78, 5) is 4.41. The number of para-hydroxylation sites is 2. The third-order valence-corrected chi connectivity index (χ3v) is 3.71. The van der Waals surface area contributed by atoms with E-state index in [1.165, 1.54) is 24.3 Å². The van der Waals surface area contributed by atoms with Crippen LogP contribution in [0.5, 0.6) is 5.75 Å². The monoisotopic (exact) mass is 330 g/mol. The lowest BCUT2D eigenvalue weighted by atomic mass is 10.3. The summed E-state index contributed by atoms with van der Waals surface area (Å²) in [6, 6.07) is 13.1. The lowest BCUT2D eigenvalue weighted by Crippen LogP contribution is -2.25. The highest BCUT2D eigenvalue weighted by Crippen LogP contribution is 2.21. The van der Waals surface area contributed by atoms with E-state index in [0.717, 1.165) is 11.0 Å². The molecular formula is C18H19FN2O3. The normalized spacial score (nSPS) is 13.8. The number of imidazole rings is 1. The molecule has 1 aromatic heterocycles. The first kappa shape index (κ1) is 16.4. The highest BCUT2D eigenvalue weighted by Gasteiger charge is 2.17. The SMILES string of the molecule is C[C@@H](O)c1nc2ccccc2n1C[C@@H](O)COc1ccc(F)cc1. The van der Waals surface area contributed by atoms with Gasteiger partial charge in [-0.05, 0) is 43.3 Å². The first-order chi connectivity index (χ1) is 11.5. The van der Waals surface area contributed by atoms with Crippen LogP contribution in [-0.4, -0.2) is 32.5 Å². The van der Waals surface area contributed by atoms with E-state index in [-0.39, 0.29) is 19.0 Å². The van der Waals surface area contributed by atoms with Crippen LogP contribution in [0, 0.1) is 5.82 Å². The first-order valence-electron chi connectivity index (χ1n) is 7.74. The minimum atomic E-state index is -0.801. The van der Waals surface area contributed by atoms with Crippen LogP contribution in [0.25, 0.3) is 11.0 Å². The van der Waals surface area contributed by atoms with Crippen molar-refractivity contribution < 1.29 is 19.3 Å². The maximum Gasteiger partial charge on any atom is 0.138 e. The van der Waals surface area contributed by atoms with Gasteiger partial charge < -0.3 is 19.5 Å². The summed E-state index contributed by atoms with van der Waals surface area (Å²) < 4.78 is 20.1. The van der Waals surface area contributed by atoms with Crippen LogP contribution in [0.2, 0.25) is 0 Å². The molecule has 0 fully saturated rings. The quantitative estimate of drug-likeness (QED) is 0.729. The van der Waals surface area contributed by atoms with E-state index in [9.17, 15) is 14.6 Å². The Morgan fingerprint density at radius 1 is 1.12 bits per heavy atom. The predicted octanol–water partition coefficient (Wildman–Crippen LogP) is 2.67. The van der Waals surface area contributed by atoms with Crippen molar-refractivity contribution in [3.63, 3.8) is 0 Å². The van der Waals surface area contributed by atoms with Crippen LogP contribution in [0.3, 0.4) is 0 Å². The number of aliphatic hydroxyl groups excluding tert-OH is 2. The summed E-state index contributed by atoms with van der Waals surface area (Å²) in [5, 5.41) is 20.2. The Labute approximate surface area is 139 Å². The minimum Gasteiger partial charge on any atom is -0.491 e. The first-order valence-corrected chi connectivity index (χ1v) is 7.74. The third kappa shape index (κ3) is 3.55. The molecule has 0 spiro atoms. The lowest BCUT2D eigenvalue weighted by molar-refractivity contribution is 0.0895. The number of benzene rings is 2. The fraction of sp³-hybridized carbons (Fsp3) is 0.278. The van der Waals surface area contributed by atoms with Crippen LogP contribution < -0.4 is 4.74 Å². The Morgan fingerprint density at radius 3 is 2.54 bits per heavy atom. The van der Waals surface area contributed by atoms with Gasteiger partial charge in [-0.15, -0.1) is 0 Å². The van der Waals surface area contributed by atoms with E-state index >= 15 is 0 Å². The average Bonchev–Trinajstić information content (AvgIpc) is 2.93. The van der Waals surface area contributed by atoms with Crippen LogP contribution in [0.4, 0.5) is 4.39 Å². The predicted molar refractivity (Wildman–Crippen MR) is 88.3 cm³/mol. The molecule has 24 heavy (non-hydrogen) atoms. The molecule has 0 saturated heterocycles. The van der Waals surface area contributed by atoms with E-state index in [4.69, 9.17) is 4.74 Å². The molecule has 0 bridgehead atoms. The van der Waals surface area contributed by atoms with Crippen LogP contribution >= 0.6 is 0 Å². The van der Waals surface area contributed by atoms with E-state index in [1.54, 1.807) is 11.5 Å². The van der Waals surface area contributed by atoms with Crippen molar-refractivity contribution in [1.29, 1.82) is 0 Å². The molecule has 126 valence electrons. The van der Waals surface area contributed by atoms with Crippen molar-refractivity contribution in [1.82, 2.24) is 9.55 Å². The second-order valence-electron chi connectivity index (χ2n) is 5.66. The van der Waals surface area contributed by atoms with Gasteiger partial charge in [0.25, 0.3) is 0 Å². The molecule has 0 amide bonds. The molecule has 3 rings (SSSR count). The molecule has 3 aromatic rings. The van der Waals surface area contributed by atoms with Crippen molar-refractivity contribution in [2.24, 2.45) is 0 Å². The molecule has 0 aliphatic rings. The van der Waals surface area contributed by atoms with Gasteiger partial charge in [-0.25, -0.2) is 9.37 Å². The second-order valence-corrected chi connectivity index (χ2v) is 5.66. The van der Waals surface area contributed by atoms with E-state index in [0.29, 0.717) is 11.6 Å². The molecular weight excluding hydrogens is 311 g/mol. The number of hydrogen-bond donors (Lipinski definition) is 2. The highest BCUT2D eigenvalue weighted by atomic mass is 19.1. The number of rotatable bonds is 6. The summed E-state index contributed by atoms with van der Waals surface area (Å²) in [6.45, 7) is 1.93. The van der Waals surface area contributed by atoms with Gasteiger partial charge in [-0.1, -0.05) is 12.1 Å². The molecule has 6 heteroatoms. The second kappa shape index (κ2) is 6.98. The smallest absolute Gasteiger partial charge is 0.138 e. The van der Waals surface area contributed by atoms with Gasteiger partial charge in [0, 0.05) is 0 Å². The standard InChI is InChI=1S/C18H19FN2O3/c1-12(22)18-20-16-4-2-3-5-17(16)21(18)10-14(23)11-24-15-8-6-13(19)7-9-15/h2-9,12,14,22-23H,10-11H2,1H3/t12-,14-/m1/s1. The van der Waals surface area contributed by atoms with Gasteiger partial charge in [0.1, 0.15) is 36.2 Å². The Balaban J connectivity index is 1.73. The zero-order valence-electron chi connectivity index (χ0n) is 13.3. The molecule has 2 N–H and O–H groups in total. The topological polar surface area (TPSA) is 67.5 Å². The van der Waals surface area contributed by atoms with Crippen molar-refractivity contribution in [2.45, 2.75) is 25.7 Å². The zero-order chi connectivity index (χ0) is 17.1. The third-order valence-electron chi connectivity index (χ3n) is 3.71. The number of hydrogen-bond acceptors (Lipinski definition) is 4. The average molecular weight is 330 g/mol. The van der Waals surface area contributed by atoms with Crippen LogP contribution in [-0.2, 0) is 6.54 Å². The van der Waals surface area contributed by atoms with E-state index in [2.05, 4.69) is 4.98 Å². The molecule has 1 heterocycles. The molecule has 0 radical (unpaired) electrons. The van der Waals surface area contributed by atoms with E-state index in [1.807, 2.05) is 24.3 Å². The molecule has 0 aliphatic heterocycles.